The number of rotatable bonds is 6. The van der Waals surface area contributed by atoms with E-state index >= 15 is 0 Å². The van der Waals surface area contributed by atoms with E-state index in [2.05, 4.69) is 20.5 Å². The van der Waals surface area contributed by atoms with Crippen LogP contribution < -0.4 is 15.4 Å². The van der Waals surface area contributed by atoms with E-state index in [0.29, 0.717) is 5.56 Å². The van der Waals surface area contributed by atoms with Gasteiger partial charge in [0.2, 0.25) is 10.0 Å². The Morgan fingerprint density at radius 1 is 1.38 bits per heavy atom. The van der Waals surface area contributed by atoms with Crippen LogP contribution in [0, 0.1) is 6.92 Å². The SMILES string of the molecule is Cc1cc(CNS(=O)(=O)c2cccc(C(=O)N[C@H]3CCNC3)c2)n(C)n1. The Morgan fingerprint density at radius 3 is 2.85 bits per heavy atom. The standard InChI is InChI=1S/C17H23N5O3S/c1-12-8-15(22(2)21-12)11-19-26(24,25)16-5-3-4-13(9-16)17(23)20-14-6-7-18-10-14/h3-5,8-9,14,18-19H,6-7,10-11H2,1-2H3,(H,20,23)/t14-/m0/s1. The maximum Gasteiger partial charge on any atom is 0.251 e. The van der Waals surface area contributed by atoms with Crippen LogP contribution in [-0.2, 0) is 23.6 Å². The van der Waals surface area contributed by atoms with Crippen LogP contribution in [0.5, 0.6) is 0 Å². The highest BCUT2D eigenvalue weighted by Crippen LogP contribution is 2.13. The molecule has 0 radical (unpaired) electrons. The number of benzene rings is 1. The largest absolute Gasteiger partial charge is 0.348 e. The lowest BCUT2D eigenvalue weighted by atomic mass is 10.2. The average molecular weight is 377 g/mol. The number of nitrogens with one attached hydrogen (secondary N) is 3. The number of sulfonamides is 1. The number of nitrogens with zero attached hydrogens (tertiary/aromatic N) is 2. The van der Waals surface area contributed by atoms with Gasteiger partial charge in [-0.1, -0.05) is 6.07 Å². The highest BCUT2D eigenvalue weighted by Gasteiger charge is 2.20. The second kappa shape index (κ2) is 7.56. The molecule has 3 N–H and O–H groups in total. The fourth-order valence-corrected chi connectivity index (χ4v) is 3.98. The molecule has 1 aliphatic rings. The predicted octanol–water partition coefficient (Wildman–Crippen LogP) is 0.299. The van der Waals surface area contributed by atoms with Crippen molar-refractivity contribution in [3.63, 3.8) is 0 Å². The molecule has 1 aromatic heterocycles. The molecule has 1 saturated heterocycles. The third-order valence-electron chi connectivity index (χ3n) is 4.34. The Kier molecular flexibility index (Phi) is 5.40. The average Bonchev–Trinajstić information content (AvgIpc) is 3.22. The van der Waals surface area contributed by atoms with Crippen molar-refractivity contribution in [2.75, 3.05) is 13.1 Å². The first kappa shape index (κ1) is 18.6. The van der Waals surface area contributed by atoms with Crippen LogP contribution in [0.4, 0.5) is 0 Å². The molecule has 1 aliphatic heterocycles. The summed E-state index contributed by atoms with van der Waals surface area (Å²) in [5.41, 5.74) is 1.91. The van der Waals surface area contributed by atoms with Gasteiger partial charge in [0.25, 0.3) is 5.91 Å². The van der Waals surface area contributed by atoms with Gasteiger partial charge in [-0.3, -0.25) is 9.48 Å². The fourth-order valence-electron chi connectivity index (χ4n) is 2.93. The molecule has 1 atom stereocenters. The second-order valence-electron chi connectivity index (χ2n) is 6.42. The van der Waals surface area contributed by atoms with Crippen molar-refractivity contribution < 1.29 is 13.2 Å². The Bertz CT molecular complexity index is 901. The molecule has 1 fully saturated rings. The minimum absolute atomic E-state index is 0.0635. The number of aromatic nitrogens is 2. The van der Waals surface area contributed by atoms with E-state index in [4.69, 9.17) is 0 Å². The topological polar surface area (TPSA) is 105 Å². The number of hydrogen-bond donors (Lipinski definition) is 3. The molecule has 0 bridgehead atoms. The van der Waals surface area contributed by atoms with Crippen LogP contribution in [0.1, 0.15) is 28.2 Å². The molecule has 140 valence electrons. The molecular formula is C17H23N5O3S. The number of amides is 1. The van der Waals surface area contributed by atoms with Crippen LogP contribution in [0.2, 0.25) is 0 Å². The van der Waals surface area contributed by atoms with Gasteiger partial charge in [-0.25, -0.2) is 13.1 Å². The maximum absolute atomic E-state index is 12.6. The first-order valence-corrected chi connectivity index (χ1v) is 9.94. The summed E-state index contributed by atoms with van der Waals surface area (Å²) in [6, 6.07) is 7.96. The van der Waals surface area contributed by atoms with E-state index in [1.54, 1.807) is 23.9 Å². The molecule has 0 unspecified atom stereocenters. The molecule has 1 amide bonds. The summed E-state index contributed by atoms with van der Waals surface area (Å²) >= 11 is 0. The van der Waals surface area contributed by atoms with E-state index in [-0.39, 0.29) is 23.4 Å². The number of hydrogen-bond acceptors (Lipinski definition) is 5. The number of carbonyl (C=O) groups is 1. The Balaban J connectivity index is 1.71. The molecule has 1 aromatic carbocycles. The zero-order chi connectivity index (χ0) is 18.7. The van der Waals surface area contributed by atoms with Crippen LogP contribution in [-0.4, -0.2) is 43.2 Å². The van der Waals surface area contributed by atoms with Gasteiger partial charge in [0.05, 0.1) is 22.8 Å². The summed E-state index contributed by atoms with van der Waals surface area (Å²) in [6.07, 6.45) is 0.870. The zero-order valence-electron chi connectivity index (χ0n) is 14.8. The number of aryl methyl sites for hydroxylation is 2. The molecule has 0 spiro atoms. The summed E-state index contributed by atoms with van der Waals surface area (Å²) in [7, 11) is -1.97. The lowest BCUT2D eigenvalue weighted by Crippen LogP contribution is -2.36. The molecule has 8 nitrogen and oxygen atoms in total. The highest BCUT2D eigenvalue weighted by atomic mass is 32.2. The smallest absolute Gasteiger partial charge is 0.251 e. The minimum Gasteiger partial charge on any atom is -0.348 e. The normalized spacial score (nSPS) is 17.4. The minimum atomic E-state index is -3.73. The quantitative estimate of drug-likeness (QED) is 0.671. The Morgan fingerprint density at radius 2 is 2.19 bits per heavy atom. The zero-order valence-corrected chi connectivity index (χ0v) is 15.6. The second-order valence-corrected chi connectivity index (χ2v) is 8.18. The van der Waals surface area contributed by atoms with Crippen LogP contribution in [0.25, 0.3) is 0 Å². The van der Waals surface area contributed by atoms with E-state index in [0.717, 1.165) is 30.9 Å². The molecule has 0 saturated carbocycles. The molecule has 26 heavy (non-hydrogen) atoms. The van der Waals surface area contributed by atoms with Gasteiger partial charge in [-0.15, -0.1) is 0 Å². The number of carbonyl (C=O) groups excluding carboxylic acids is 1. The molecule has 3 rings (SSSR count). The van der Waals surface area contributed by atoms with Gasteiger partial charge in [-0.2, -0.15) is 5.10 Å². The fraction of sp³-hybridized carbons (Fsp3) is 0.412. The maximum atomic E-state index is 12.6. The van der Waals surface area contributed by atoms with Crippen molar-refractivity contribution in [3.05, 3.63) is 47.3 Å². The van der Waals surface area contributed by atoms with Gasteiger partial charge >= 0.3 is 0 Å². The van der Waals surface area contributed by atoms with Crippen molar-refractivity contribution >= 4 is 15.9 Å². The third kappa shape index (κ3) is 4.29. The van der Waals surface area contributed by atoms with E-state index < -0.39 is 10.0 Å². The van der Waals surface area contributed by atoms with Gasteiger partial charge in [0.1, 0.15) is 0 Å². The van der Waals surface area contributed by atoms with Crippen molar-refractivity contribution in [3.8, 4) is 0 Å². The summed E-state index contributed by atoms with van der Waals surface area (Å²) in [6.45, 7) is 3.58. The van der Waals surface area contributed by atoms with Crippen molar-refractivity contribution in [2.24, 2.45) is 7.05 Å². The third-order valence-corrected chi connectivity index (χ3v) is 5.74. The monoisotopic (exact) mass is 377 g/mol. The van der Waals surface area contributed by atoms with Gasteiger partial charge in [0, 0.05) is 25.2 Å². The molecule has 0 aliphatic carbocycles. The highest BCUT2D eigenvalue weighted by molar-refractivity contribution is 7.89. The molecule has 9 heteroatoms. The lowest BCUT2D eigenvalue weighted by molar-refractivity contribution is 0.0940. The summed E-state index contributed by atoms with van der Waals surface area (Å²) in [4.78, 5) is 12.4. The van der Waals surface area contributed by atoms with Crippen LogP contribution in [0.3, 0.4) is 0 Å². The molecule has 2 aromatic rings. The Hall–Kier alpha value is -2.23. The molecule has 2 heterocycles. The van der Waals surface area contributed by atoms with Crippen molar-refractivity contribution in [1.29, 1.82) is 0 Å². The van der Waals surface area contributed by atoms with Gasteiger partial charge < -0.3 is 10.6 Å². The van der Waals surface area contributed by atoms with E-state index in [1.807, 2.05) is 13.0 Å². The van der Waals surface area contributed by atoms with Crippen LogP contribution >= 0.6 is 0 Å². The lowest BCUT2D eigenvalue weighted by Gasteiger charge is -2.12. The molecular weight excluding hydrogens is 354 g/mol. The summed E-state index contributed by atoms with van der Waals surface area (Å²) in [5.74, 6) is -0.266. The van der Waals surface area contributed by atoms with Gasteiger partial charge in [-0.05, 0) is 44.2 Å². The van der Waals surface area contributed by atoms with Crippen molar-refractivity contribution in [2.45, 2.75) is 30.8 Å². The summed E-state index contributed by atoms with van der Waals surface area (Å²) in [5, 5.41) is 10.3. The predicted molar refractivity (Wildman–Crippen MR) is 97.2 cm³/mol. The van der Waals surface area contributed by atoms with E-state index in [1.165, 1.54) is 12.1 Å². The van der Waals surface area contributed by atoms with Crippen molar-refractivity contribution in [1.82, 2.24) is 25.1 Å². The van der Waals surface area contributed by atoms with Crippen LogP contribution in [0.15, 0.2) is 35.2 Å². The Labute approximate surface area is 153 Å². The first-order valence-electron chi connectivity index (χ1n) is 8.46. The van der Waals surface area contributed by atoms with E-state index in [9.17, 15) is 13.2 Å². The first-order chi connectivity index (χ1) is 12.3. The summed E-state index contributed by atoms with van der Waals surface area (Å²) < 4.78 is 29.3. The van der Waals surface area contributed by atoms with Gasteiger partial charge in [0.15, 0.2) is 0 Å².